The molecule has 0 aliphatic carbocycles. The molecule has 34 heavy (non-hydrogen) atoms. The largest absolute Gasteiger partial charge is 0.478 e. The maximum atomic E-state index is 13.5. The summed E-state index contributed by atoms with van der Waals surface area (Å²) in [6, 6.07) is 25.1. The molecule has 1 heterocycles. The highest BCUT2D eigenvalue weighted by atomic mass is 16.4. The zero-order valence-corrected chi connectivity index (χ0v) is 19.6. The van der Waals surface area contributed by atoms with Gasteiger partial charge in [-0.15, -0.1) is 0 Å². The fourth-order valence-electron chi connectivity index (χ4n) is 4.38. The number of carbonyl (C=O) groups is 1. The third-order valence-electron chi connectivity index (χ3n) is 6.46. The fourth-order valence-corrected chi connectivity index (χ4v) is 4.38. The SMILES string of the molecule is CCC(C)c1cn(CCc2ccccc2)c(=O)n1Cc1cccc(-c2ccccc2)c1C(=O)O. The lowest BCUT2D eigenvalue weighted by Gasteiger charge is -2.15. The Morgan fingerprint density at radius 3 is 2.26 bits per heavy atom. The monoisotopic (exact) mass is 454 g/mol. The second kappa shape index (κ2) is 10.4. The lowest BCUT2D eigenvalue weighted by Crippen LogP contribution is -2.27. The van der Waals surface area contributed by atoms with Crippen LogP contribution in [0.15, 0.2) is 89.9 Å². The molecular weight excluding hydrogens is 424 g/mol. The molecule has 0 saturated heterocycles. The van der Waals surface area contributed by atoms with Crippen molar-refractivity contribution in [3.63, 3.8) is 0 Å². The number of rotatable bonds is 9. The van der Waals surface area contributed by atoms with Gasteiger partial charge in [-0.1, -0.05) is 92.7 Å². The van der Waals surface area contributed by atoms with E-state index < -0.39 is 5.97 Å². The van der Waals surface area contributed by atoms with E-state index in [1.807, 2.05) is 72.9 Å². The van der Waals surface area contributed by atoms with E-state index in [9.17, 15) is 14.7 Å². The molecule has 0 saturated carbocycles. The minimum Gasteiger partial charge on any atom is -0.478 e. The Bertz CT molecular complexity index is 1320. The van der Waals surface area contributed by atoms with Crippen molar-refractivity contribution < 1.29 is 9.90 Å². The Kier molecular flexibility index (Phi) is 7.12. The zero-order valence-electron chi connectivity index (χ0n) is 19.6. The topological polar surface area (TPSA) is 64.2 Å². The Labute approximate surface area is 199 Å². The summed E-state index contributed by atoms with van der Waals surface area (Å²) in [5.74, 6) is -0.813. The van der Waals surface area contributed by atoms with Gasteiger partial charge in [0.25, 0.3) is 0 Å². The van der Waals surface area contributed by atoms with E-state index in [-0.39, 0.29) is 23.7 Å². The molecule has 0 aliphatic rings. The van der Waals surface area contributed by atoms with E-state index in [0.29, 0.717) is 17.7 Å². The molecule has 4 aromatic rings. The van der Waals surface area contributed by atoms with Gasteiger partial charge in [0.05, 0.1) is 12.1 Å². The third-order valence-corrected chi connectivity index (χ3v) is 6.46. The molecule has 174 valence electrons. The van der Waals surface area contributed by atoms with Crippen molar-refractivity contribution in [2.45, 2.75) is 45.7 Å². The minimum absolute atomic E-state index is 0.104. The Balaban J connectivity index is 1.74. The average Bonchev–Trinajstić information content (AvgIpc) is 3.18. The van der Waals surface area contributed by atoms with Crippen molar-refractivity contribution in [1.29, 1.82) is 0 Å². The molecule has 0 spiro atoms. The van der Waals surface area contributed by atoms with Gasteiger partial charge in [0.1, 0.15) is 0 Å². The number of aromatic carboxylic acids is 1. The van der Waals surface area contributed by atoms with Gasteiger partial charge in [0.2, 0.25) is 0 Å². The number of carboxylic acid groups (broad SMARTS) is 1. The molecular formula is C29H30N2O3. The van der Waals surface area contributed by atoms with Gasteiger partial charge in [-0.2, -0.15) is 0 Å². The normalized spacial score (nSPS) is 11.9. The summed E-state index contributed by atoms with van der Waals surface area (Å²) in [4.78, 5) is 25.8. The van der Waals surface area contributed by atoms with Crippen LogP contribution in [0, 0.1) is 0 Å². The molecule has 0 bridgehead atoms. The summed E-state index contributed by atoms with van der Waals surface area (Å²) in [6.07, 6.45) is 3.59. The van der Waals surface area contributed by atoms with E-state index >= 15 is 0 Å². The first-order chi connectivity index (χ1) is 16.5. The lowest BCUT2D eigenvalue weighted by atomic mass is 9.95. The highest BCUT2D eigenvalue weighted by molar-refractivity contribution is 5.97. The smallest absolute Gasteiger partial charge is 0.336 e. The van der Waals surface area contributed by atoms with Gasteiger partial charge in [-0.3, -0.25) is 9.13 Å². The molecule has 1 N–H and O–H groups in total. The summed E-state index contributed by atoms with van der Waals surface area (Å²) < 4.78 is 3.51. The summed E-state index contributed by atoms with van der Waals surface area (Å²) >= 11 is 0. The van der Waals surface area contributed by atoms with Gasteiger partial charge >= 0.3 is 11.7 Å². The number of benzene rings is 3. The van der Waals surface area contributed by atoms with Crippen LogP contribution in [0.1, 0.15) is 53.4 Å². The quantitative estimate of drug-likeness (QED) is 0.347. The van der Waals surface area contributed by atoms with Crippen molar-refractivity contribution in [2.24, 2.45) is 0 Å². The van der Waals surface area contributed by atoms with Crippen LogP contribution in [0.25, 0.3) is 11.1 Å². The number of aromatic nitrogens is 2. The van der Waals surface area contributed by atoms with Crippen molar-refractivity contribution in [2.75, 3.05) is 0 Å². The second-order valence-corrected chi connectivity index (χ2v) is 8.67. The number of imidazole rings is 1. The van der Waals surface area contributed by atoms with Crippen LogP contribution in [0.4, 0.5) is 0 Å². The molecule has 5 heteroatoms. The van der Waals surface area contributed by atoms with Gasteiger partial charge < -0.3 is 5.11 Å². The van der Waals surface area contributed by atoms with Crippen molar-refractivity contribution in [3.8, 4) is 11.1 Å². The number of nitrogens with zero attached hydrogens (tertiary/aromatic N) is 2. The molecule has 5 nitrogen and oxygen atoms in total. The van der Waals surface area contributed by atoms with Crippen LogP contribution in [-0.2, 0) is 19.5 Å². The van der Waals surface area contributed by atoms with E-state index in [0.717, 1.165) is 24.1 Å². The predicted octanol–water partition coefficient (Wildman–Crippen LogP) is 5.82. The van der Waals surface area contributed by atoms with Crippen LogP contribution in [0.2, 0.25) is 0 Å². The molecule has 0 radical (unpaired) electrons. The molecule has 1 aromatic heterocycles. The van der Waals surface area contributed by atoms with Crippen LogP contribution >= 0.6 is 0 Å². The molecule has 1 unspecified atom stereocenters. The molecule has 1 atom stereocenters. The summed E-state index contributed by atoms with van der Waals surface area (Å²) in [5, 5.41) is 10.1. The zero-order chi connectivity index (χ0) is 24.1. The van der Waals surface area contributed by atoms with Crippen LogP contribution < -0.4 is 5.69 Å². The van der Waals surface area contributed by atoms with E-state index in [2.05, 4.69) is 26.0 Å². The highest BCUT2D eigenvalue weighted by Gasteiger charge is 2.21. The van der Waals surface area contributed by atoms with Crippen LogP contribution in [-0.4, -0.2) is 20.2 Å². The summed E-state index contributed by atoms with van der Waals surface area (Å²) in [6.45, 7) is 5.00. The van der Waals surface area contributed by atoms with Gasteiger partial charge in [0, 0.05) is 18.4 Å². The molecule has 3 aromatic carbocycles. The highest BCUT2D eigenvalue weighted by Crippen LogP contribution is 2.28. The first-order valence-corrected chi connectivity index (χ1v) is 11.7. The average molecular weight is 455 g/mol. The first kappa shape index (κ1) is 23.3. The molecule has 0 aliphatic heterocycles. The van der Waals surface area contributed by atoms with Crippen LogP contribution in [0.3, 0.4) is 0 Å². The number of hydrogen-bond donors (Lipinski definition) is 1. The molecule has 0 amide bonds. The van der Waals surface area contributed by atoms with Gasteiger partial charge in [0.15, 0.2) is 0 Å². The third kappa shape index (κ3) is 4.88. The maximum absolute atomic E-state index is 13.5. The standard InChI is InChI=1S/C29H30N2O3/c1-3-21(2)26-20-30(18-17-22-11-6-4-7-12-22)29(34)31(26)19-24-15-10-16-25(27(24)28(32)33)23-13-8-5-9-14-23/h4-16,20-21H,3,17-19H2,1-2H3,(H,32,33). The Hall–Kier alpha value is -3.86. The van der Waals surface area contributed by atoms with E-state index in [4.69, 9.17) is 0 Å². The first-order valence-electron chi connectivity index (χ1n) is 11.7. The Morgan fingerprint density at radius 1 is 0.941 bits per heavy atom. The van der Waals surface area contributed by atoms with E-state index in [1.165, 1.54) is 5.56 Å². The van der Waals surface area contributed by atoms with Gasteiger partial charge in [-0.25, -0.2) is 9.59 Å². The molecule has 0 fully saturated rings. The number of hydrogen-bond acceptors (Lipinski definition) is 2. The summed E-state index contributed by atoms with van der Waals surface area (Å²) in [7, 11) is 0. The van der Waals surface area contributed by atoms with Crippen molar-refractivity contribution in [3.05, 3.63) is 118 Å². The fraction of sp³-hybridized carbons (Fsp3) is 0.241. The lowest BCUT2D eigenvalue weighted by molar-refractivity contribution is 0.0696. The predicted molar refractivity (Wildman–Crippen MR) is 135 cm³/mol. The van der Waals surface area contributed by atoms with Crippen molar-refractivity contribution in [1.82, 2.24) is 9.13 Å². The minimum atomic E-state index is -0.990. The van der Waals surface area contributed by atoms with Gasteiger partial charge in [-0.05, 0) is 41.0 Å². The molecule has 4 rings (SSSR count). The number of carboxylic acids is 1. The Morgan fingerprint density at radius 2 is 1.62 bits per heavy atom. The maximum Gasteiger partial charge on any atom is 0.336 e. The number of aryl methyl sites for hydroxylation is 2. The summed E-state index contributed by atoms with van der Waals surface area (Å²) in [5.41, 5.74) is 4.38. The van der Waals surface area contributed by atoms with Crippen molar-refractivity contribution >= 4 is 5.97 Å². The second-order valence-electron chi connectivity index (χ2n) is 8.67. The van der Waals surface area contributed by atoms with Crippen LogP contribution in [0.5, 0.6) is 0 Å². The van der Waals surface area contributed by atoms with E-state index in [1.54, 1.807) is 9.13 Å².